The fraction of sp³-hybridized carbons (Fsp3) is 0.455. The van der Waals surface area contributed by atoms with E-state index in [1.807, 2.05) is 18.3 Å². The van der Waals surface area contributed by atoms with Crippen LogP contribution in [0.1, 0.15) is 47.3 Å². The summed E-state index contributed by atoms with van der Waals surface area (Å²) in [5, 5.41) is 9.36. The number of hydrogen-bond acceptors (Lipinski definition) is 2. The third kappa shape index (κ3) is 3.17. The first kappa shape index (κ1) is 18.0. The van der Waals surface area contributed by atoms with Crippen molar-refractivity contribution in [3.05, 3.63) is 53.5 Å². The Morgan fingerprint density at radius 2 is 2.14 bits per heavy atom. The summed E-state index contributed by atoms with van der Waals surface area (Å²) in [7, 11) is 0. The summed E-state index contributed by atoms with van der Waals surface area (Å²) in [5.41, 5.74) is 4.52. The van der Waals surface area contributed by atoms with Crippen molar-refractivity contribution in [2.24, 2.45) is 0 Å². The van der Waals surface area contributed by atoms with Crippen LogP contribution in [0.4, 0.5) is 0 Å². The van der Waals surface area contributed by atoms with Gasteiger partial charge >= 0.3 is 0 Å². The number of fused-ring (bicyclic) bond motifs is 2. The quantitative estimate of drug-likeness (QED) is 0.580. The van der Waals surface area contributed by atoms with E-state index < -0.39 is 0 Å². The summed E-state index contributed by atoms with van der Waals surface area (Å²) in [6, 6.07) is 8.94. The maximum atomic E-state index is 13.7. The van der Waals surface area contributed by atoms with Gasteiger partial charge in [0, 0.05) is 52.3 Å². The standard InChI is InChI=1S/C22H25BrN4O/c23-10-2-11-26-12-9-18-19(3-1-4-21(18)26)22(28)27(16-5-6-16)17-7-8-20-15(13-17)14-24-25-20/h1,3-4,9,12,14,16-17H,2,5-8,10-11,13H2,(H,24,25). The molecule has 5 nitrogen and oxygen atoms in total. The number of hydrogen-bond donors (Lipinski definition) is 1. The van der Waals surface area contributed by atoms with Gasteiger partial charge in [-0.15, -0.1) is 0 Å². The first-order chi connectivity index (χ1) is 13.8. The highest BCUT2D eigenvalue weighted by atomic mass is 79.9. The third-order valence-electron chi connectivity index (χ3n) is 6.14. The normalized spacial score (nSPS) is 19.0. The lowest BCUT2D eigenvalue weighted by Crippen LogP contribution is -2.44. The number of halogens is 1. The highest BCUT2D eigenvalue weighted by Gasteiger charge is 2.39. The smallest absolute Gasteiger partial charge is 0.255 e. The Morgan fingerprint density at radius 1 is 1.25 bits per heavy atom. The van der Waals surface area contributed by atoms with Crippen LogP contribution in [0, 0.1) is 0 Å². The molecule has 28 heavy (non-hydrogen) atoms. The van der Waals surface area contributed by atoms with E-state index in [1.165, 1.54) is 11.3 Å². The molecule has 1 aromatic carbocycles. The average Bonchev–Trinajstić information content (AvgIpc) is 3.28. The van der Waals surface area contributed by atoms with Crippen molar-refractivity contribution in [2.75, 3.05) is 5.33 Å². The lowest BCUT2D eigenvalue weighted by atomic mass is 9.91. The number of amides is 1. The van der Waals surface area contributed by atoms with Crippen LogP contribution in [-0.2, 0) is 19.4 Å². The highest BCUT2D eigenvalue weighted by molar-refractivity contribution is 9.09. The minimum absolute atomic E-state index is 0.197. The lowest BCUT2D eigenvalue weighted by Gasteiger charge is -2.34. The van der Waals surface area contributed by atoms with E-state index in [-0.39, 0.29) is 11.9 Å². The predicted molar refractivity (Wildman–Crippen MR) is 114 cm³/mol. The molecule has 146 valence electrons. The molecular formula is C22H25BrN4O. The first-order valence-corrected chi connectivity index (χ1v) is 11.4. The number of nitrogens with zero attached hydrogens (tertiary/aromatic N) is 3. The van der Waals surface area contributed by atoms with Crippen LogP contribution < -0.4 is 0 Å². The molecule has 1 amide bonds. The molecule has 1 saturated carbocycles. The minimum Gasteiger partial charge on any atom is -0.347 e. The maximum Gasteiger partial charge on any atom is 0.255 e. The van der Waals surface area contributed by atoms with Crippen molar-refractivity contribution in [1.82, 2.24) is 19.7 Å². The van der Waals surface area contributed by atoms with Crippen LogP contribution in [-0.4, -0.2) is 43.0 Å². The van der Waals surface area contributed by atoms with Gasteiger partial charge < -0.3 is 9.47 Å². The average molecular weight is 441 g/mol. The van der Waals surface area contributed by atoms with Crippen LogP contribution in [0.2, 0.25) is 0 Å². The van der Waals surface area contributed by atoms with Crippen LogP contribution in [0.25, 0.3) is 10.9 Å². The van der Waals surface area contributed by atoms with Crippen molar-refractivity contribution in [3.63, 3.8) is 0 Å². The van der Waals surface area contributed by atoms with Crippen molar-refractivity contribution in [2.45, 2.75) is 57.2 Å². The Bertz CT molecular complexity index is 1000. The van der Waals surface area contributed by atoms with E-state index in [2.05, 4.69) is 53.9 Å². The van der Waals surface area contributed by atoms with Gasteiger partial charge in [-0.3, -0.25) is 9.89 Å². The van der Waals surface area contributed by atoms with Gasteiger partial charge in [0.25, 0.3) is 5.91 Å². The van der Waals surface area contributed by atoms with Gasteiger partial charge in [0.15, 0.2) is 0 Å². The van der Waals surface area contributed by atoms with Gasteiger partial charge in [0.05, 0.1) is 6.20 Å². The summed E-state index contributed by atoms with van der Waals surface area (Å²) in [4.78, 5) is 15.9. The van der Waals surface area contributed by atoms with Crippen molar-refractivity contribution >= 4 is 32.7 Å². The molecule has 6 heteroatoms. The largest absolute Gasteiger partial charge is 0.347 e. The Kier molecular flexibility index (Phi) is 4.75. The molecule has 1 atom stereocenters. The minimum atomic E-state index is 0.197. The molecular weight excluding hydrogens is 416 g/mol. The third-order valence-corrected chi connectivity index (χ3v) is 6.70. The highest BCUT2D eigenvalue weighted by Crippen LogP contribution is 2.35. The van der Waals surface area contributed by atoms with Gasteiger partial charge in [-0.1, -0.05) is 22.0 Å². The Hall–Kier alpha value is -2.08. The summed E-state index contributed by atoms with van der Waals surface area (Å²) in [5.74, 6) is 0.197. The molecule has 0 aliphatic heterocycles. The molecule has 0 saturated heterocycles. The van der Waals surface area contributed by atoms with Crippen LogP contribution >= 0.6 is 15.9 Å². The van der Waals surface area contributed by atoms with Gasteiger partial charge in [0.2, 0.25) is 0 Å². The number of benzene rings is 1. The fourth-order valence-corrected chi connectivity index (χ4v) is 4.84. The first-order valence-electron chi connectivity index (χ1n) is 10.2. The number of aromatic nitrogens is 3. The number of nitrogens with one attached hydrogen (secondary N) is 1. The van der Waals surface area contributed by atoms with E-state index in [0.717, 1.165) is 66.9 Å². The molecule has 2 aliphatic carbocycles. The maximum absolute atomic E-state index is 13.7. The lowest BCUT2D eigenvalue weighted by molar-refractivity contribution is 0.0645. The molecule has 1 fully saturated rings. The molecule has 1 unspecified atom stereocenters. The molecule has 2 aliphatic rings. The van der Waals surface area contributed by atoms with Crippen molar-refractivity contribution in [3.8, 4) is 0 Å². The van der Waals surface area contributed by atoms with E-state index in [1.54, 1.807) is 0 Å². The number of H-pyrrole nitrogens is 1. The number of rotatable bonds is 6. The SMILES string of the molecule is O=C(c1cccc2c1ccn2CCCBr)N(C1CC1)C1CCc2[nH]ncc2C1. The topological polar surface area (TPSA) is 53.9 Å². The van der Waals surface area contributed by atoms with Crippen LogP contribution in [0.5, 0.6) is 0 Å². The summed E-state index contributed by atoms with van der Waals surface area (Å²) in [6.07, 6.45) is 10.3. The Labute approximate surface area is 173 Å². The van der Waals surface area contributed by atoms with Gasteiger partial charge in [-0.05, 0) is 62.3 Å². The second-order valence-corrected chi connectivity index (χ2v) is 8.80. The van der Waals surface area contributed by atoms with Crippen molar-refractivity contribution in [1.29, 1.82) is 0 Å². The molecule has 5 rings (SSSR count). The Balaban J connectivity index is 1.46. The van der Waals surface area contributed by atoms with E-state index in [0.29, 0.717) is 6.04 Å². The van der Waals surface area contributed by atoms with E-state index in [4.69, 9.17) is 0 Å². The molecule has 2 aromatic heterocycles. The predicted octanol–water partition coefficient (Wildman–Crippen LogP) is 4.31. The number of aromatic amines is 1. The molecule has 0 radical (unpaired) electrons. The van der Waals surface area contributed by atoms with Crippen LogP contribution in [0.15, 0.2) is 36.7 Å². The van der Waals surface area contributed by atoms with Gasteiger partial charge in [-0.25, -0.2) is 0 Å². The van der Waals surface area contributed by atoms with Crippen LogP contribution in [0.3, 0.4) is 0 Å². The zero-order valence-corrected chi connectivity index (χ0v) is 17.5. The van der Waals surface area contributed by atoms with Gasteiger partial charge in [-0.2, -0.15) is 5.10 Å². The zero-order valence-electron chi connectivity index (χ0n) is 15.9. The second-order valence-electron chi connectivity index (χ2n) is 8.00. The zero-order chi connectivity index (χ0) is 19.1. The molecule has 2 heterocycles. The number of aryl methyl sites for hydroxylation is 2. The molecule has 1 N–H and O–H groups in total. The summed E-state index contributed by atoms with van der Waals surface area (Å²) >= 11 is 3.51. The summed E-state index contributed by atoms with van der Waals surface area (Å²) < 4.78 is 2.26. The number of alkyl halides is 1. The van der Waals surface area contributed by atoms with E-state index >= 15 is 0 Å². The Morgan fingerprint density at radius 3 is 2.96 bits per heavy atom. The second kappa shape index (κ2) is 7.39. The van der Waals surface area contributed by atoms with Gasteiger partial charge in [0.1, 0.15) is 0 Å². The molecule has 0 spiro atoms. The summed E-state index contributed by atoms with van der Waals surface area (Å²) in [6.45, 7) is 0.963. The molecule has 0 bridgehead atoms. The van der Waals surface area contributed by atoms with Crippen molar-refractivity contribution < 1.29 is 4.79 Å². The number of carbonyl (C=O) groups is 1. The van der Waals surface area contributed by atoms with E-state index in [9.17, 15) is 4.79 Å². The fourth-order valence-electron chi connectivity index (χ4n) is 4.59. The number of carbonyl (C=O) groups excluding carboxylic acids is 1. The monoisotopic (exact) mass is 440 g/mol. The molecule has 3 aromatic rings.